The summed E-state index contributed by atoms with van der Waals surface area (Å²) in [6, 6.07) is 13.4. The number of anilines is 1. The Kier molecular flexibility index (Phi) is 3.97. The van der Waals surface area contributed by atoms with Crippen LogP contribution in [0.2, 0.25) is 0 Å². The van der Waals surface area contributed by atoms with Crippen LogP contribution in [0, 0.1) is 0 Å². The first-order valence-corrected chi connectivity index (χ1v) is 6.86. The summed E-state index contributed by atoms with van der Waals surface area (Å²) in [7, 11) is 1.57. The summed E-state index contributed by atoms with van der Waals surface area (Å²) in [6.45, 7) is 0. The molecule has 0 fully saturated rings. The molecule has 0 aliphatic carbocycles. The number of nitrogens with one attached hydrogen (secondary N) is 1. The number of carbonyl (C=O) groups is 1. The Hall–Kier alpha value is -3.28. The first kappa shape index (κ1) is 14.6. The van der Waals surface area contributed by atoms with Crippen LogP contribution < -0.4 is 10.1 Å². The van der Waals surface area contributed by atoms with Gasteiger partial charge in [0.2, 0.25) is 0 Å². The highest BCUT2D eigenvalue weighted by molar-refractivity contribution is 6.01. The monoisotopic (exact) mass is 310 g/mol. The highest BCUT2D eigenvalue weighted by Gasteiger charge is 2.14. The number of nitrogens with zero attached hydrogens (tertiary/aromatic N) is 1. The molecule has 3 rings (SSSR count). The van der Waals surface area contributed by atoms with E-state index in [0.717, 1.165) is 5.56 Å². The minimum absolute atomic E-state index is 0.0381. The molecule has 3 aromatic rings. The third-order valence-electron chi connectivity index (χ3n) is 3.20. The van der Waals surface area contributed by atoms with E-state index in [2.05, 4.69) is 10.3 Å². The van der Waals surface area contributed by atoms with E-state index in [0.29, 0.717) is 17.2 Å². The maximum Gasteiger partial charge on any atom is 0.311 e. The third-order valence-corrected chi connectivity index (χ3v) is 3.20. The van der Waals surface area contributed by atoms with Crippen molar-refractivity contribution in [2.24, 2.45) is 0 Å². The Morgan fingerprint density at radius 2 is 1.83 bits per heavy atom. The number of rotatable bonds is 4. The van der Waals surface area contributed by atoms with Crippen molar-refractivity contribution in [2.75, 3.05) is 12.4 Å². The van der Waals surface area contributed by atoms with E-state index in [1.165, 1.54) is 18.3 Å². The fourth-order valence-corrected chi connectivity index (χ4v) is 2.00. The molecule has 0 radical (unpaired) electrons. The van der Waals surface area contributed by atoms with E-state index in [-0.39, 0.29) is 11.6 Å². The van der Waals surface area contributed by atoms with Gasteiger partial charge in [-0.1, -0.05) is 0 Å². The summed E-state index contributed by atoms with van der Waals surface area (Å²) >= 11 is 0. The number of methoxy groups -OCH3 is 1. The molecular formula is C17H14N2O4. The first-order chi connectivity index (χ1) is 11.2. The Labute approximate surface area is 132 Å². The SMILES string of the molecule is COc1ccc(NC(=O)c2ncc(-c3ccc(O)cc3)o2)cc1. The van der Waals surface area contributed by atoms with E-state index in [4.69, 9.17) is 9.15 Å². The van der Waals surface area contributed by atoms with E-state index in [1.807, 2.05) is 0 Å². The Morgan fingerprint density at radius 3 is 2.48 bits per heavy atom. The molecule has 1 heterocycles. The van der Waals surface area contributed by atoms with Crippen molar-refractivity contribution in [3.63, 3.8) is 0 Å². The number of benzene rings is 2. The Balaban J connectivity index is 1.74. The lowest BCUT2D eigenvalue weighted by Gasteiger charge is -2.04. The molecule has 0 unspecified atom stereocenters. The summed E-state index contributed by atoms with van der Waals surface area (Å²) in [5, 5.41) is 12.0. The van der Waals surface area contributed by atoms with Gasteiger partial charge in [-0.3, -0.25) is 4.79 Å². The van der Waals surface area contributed by atoms with Gasteiger partial charge in [-0.25, -0.2) is 4.98 Å². The molecule has 23 heavy (non-hydrogen) atoms. The van der Waals surface area contributed by atoms with Gasteiger partial charge in [0.1, 0.15) is 11.5 Å². The van der Waals surface area contributed by atoms with Crippen LogP contribution >= 0.6 is 0 Å². The smallest absolute Gasteiger partial charge is 0.311 e. The molecular weight excluding hydrogens is 296 g/mol. The highest BCUT2D eigenvalue weighted by Crippen LogP contribution is 2.23. The first-order valence-electron chi connectivity index (χ1n) is 6.86. The van der Waals surface area contributed by atoms with Crippen LogP contribution in [-0.2, 0) is 0 Å². The molecule has 2 aromatic carbocycles. The van der Waals surface area contributed by atoms with Crippen molar-refractivity contribution in [2.45, 2.75) is 0 Å². The molecule has 116 valence electrons. The zero-order chi connectivity index (χ0) is 16.2. The third kappa shape index (κ3) is 3.32. The minimum Gasteiger partial charge on any atom is -0.508 e. The summed E-state index contributed by atoms with van der Waals surface area (Å²) in [6.07, 6.45) is 1.47. The number of carbonyl (C=O) groups excluding carboxylic acids is 1. The molecule has 1 aromatic heterocycles. The zero-order valence-electron chi connectivity index (χ0n) is 12.3. The number of phenolic OH excluding ortho intramolecular Hbond substituents is 1. The molecule has 0 aliphatic heterocycles. The summed E-state index contributed by atoms with van der Waals surface area (Å²) in [5.41, 5.74) is 1.33. The topological polar surface area (TPSA) is 84.6 Å². The molecule has 0 bridgehead atoms. The fraction of sp³-hybridized carbons (Fsp3) is 0.0588. The van der Waals surface area contributed by atoms with Gasteiger partial charge in [0.25, 0.3) is 5.89 Å². The van der Waals surface area contributed by atoms with Crippen molar-refractivity contribution >= 4 is 11.6 Å². The van der Waals surface area contributed by atoms with Crippen molar-refractivity contribution in [3.05, 3.63) is 60.6 Å². The van der Waals surface area contributed by atoms with Crippen LogP contribution in [0.5, 0.6) is 11.5 Å². The van der Waals surface area contributed by atoms with Gasteiger partial charge in [-0.2, -0.15) is 0 Å². The van der Waals surface area contributed by atoms with Gasteiger partial charge >= 0.3 is 5.91 Å². The van der Waals surface area contributed by atoms with Crippen LogP contribution in [0.1, 0.15) is 10.7 Å². The fourth-order valence-electron chi connectivity index (χ4n) is 2.00. The minimum atomic E-state index is -0.444. The number of hydrogen-bond donors (Lipinski definition) is 2. The van der Waals surface area contributed by atoms with Crippen LogP contribution in [0.15, 0.2) is 59.1 Å². The number of aromatic hydroxyl groups is 1. The summed E-state index contributed by atoms with van der Waals surface area (Å²) in [4.78, 5) is 16.1. The molecule has 0 saturated heterocycles. The second-order valence-corrected chi connectivity index (χ2v) is 4.76. The molecule has 2 N–H and O–H groups in total. The van der Waals surface area contributed by atoms with Crippen molar-refractivity contribution in [1.82, 2.24) is 4.98 Å². The maximum atomic E-state index is 12.1. The normalized spacial score (nSPS) is 10.3. The number of oxazole rings is 1. The number of hydrogen-bond acceptors (Lipinski definition) is 5. The van der Waals surface area contributed by atoms with Gasteiger partial charge in [-0.05, 0) is 48.5 Å². The van der Waals surface area contributed by atoms with E-state index >= 15 is 0 Å². The number of phenols is 1. The predicted octanol–water partition coefficient (Wildman–Crippen LogP) is 3.31. The summed E-state index contributed by atoms with van der Waals surface area (Å²) < 4.78 is 10.5. The summed E-state index contributed by atoms with van der Waals surface area (Å²) in [5.74, 6) is 0.827. The van der Waals surface area contributed by atoms with Gasteiger partial charge < -0.3 is 19.6 Å². The second kappa shape index (κ2) is 6.23. The van der Waals surface area contributed by atoms with E-state index < -0.39 is 5.91 Å². The highest BCUT2D eigenvalue weighted by atomic mass is 16.5. The predicted molar refractivity (Wildman–Crippen MR) is 84.6 cm³/mol. The van der Waals surface area contributed by atoms with Gasteiger partial charge in [0, 0.05) is 11.3 Å². The molecule has 0 saturated carbocycles. The van der Waals surface area contributed by atoms with Gasteiger partial charge in [-0.15, -0.1) is 0 Å². The van der Waals surface area contributed by atoms with Crippen molar-refractivity contribution < 1.29 is 19.1 Å². The van der Waals surface area contributed by atoms with Gasteiger partial charge in [0.15, 0.2) is 5.76 Å². The van der Waals surface area contributed by atoms with Crippen LogP contribution in [0.4, 0.5) is 5.69 Å². The second-order valence-electron chi connectivity index (χ2n) is 4.76. The lowest BCUT2D eigenvalue weighted by atomic mass is 10.2. The number of amides is 1. The van der Waals surface area contributed by atoms with Crippen molar-refractivity contribution in [3.8, 4) is 22.8 Å². The van der Waals surface area contributed by atoms with Gasteiger partial charge in [0.05, 0.1) is 13.3 Å². The maximum absolute atomic E-state index is 12.1. The molecule has 6 heteroatoms. The van der Waals surface area contributed by atoms with Crippen LogP contribution in [0.3, 0.4) is 0 Å². The lowest BCUT2D eigenvalue weighted by molar-refractivity contribution is 0.0991. The Bertz CT molecular complexity index is 807. The lowest BCUT2D eigenvalue weighted by Crippen LogP contribution is -2.11. The average Bonchev–Trinajstić information content (AvgIpc) is 3.06. The average molecular weight is 310 g/mol. The number of aromatic nitrogens is 1. The molecule has 0 spiro atoms. The van der Waals surface area contributed by atoms with E-state index in [9.17, 15) is 9.90 Å². The molecule has 0 atom stereocenters. The largest absolute Gasteiger partial charge is 0.508 e. The van der Waals surface area contributed by atoms with Crippen LogP contribution in [-0.4, -0.2) is 23.1 Å². The Morgan fingerprint density at radius 1 is 1.13 bits per heavy atom. The van der Waals surface area contributed by atoms with Crippen LogP contribution in [0.25, 0.3) is 11.3 Å². The van der Waals surface area contributed by atoms with Crippen molar-refractivity contribution in [1.29, 1.82) is 0 Å². The van der Waals surface area contributed by atoms with E-state index in [1.54, 1.807) is 43.5 Å². The standard InChI is InChI=1S/C17H14N2O4/c1-22-14-8-4-12(5-9-14)19-16(21)17-18-10-15(23-17)11-2-6-13(20)7-3-11/h2-10,20H,1H3,(H,19,21). The molecule has 1 amide bonds. The number of ether oxygens (including phenoxy) is 1. The molecule has 6 nitrogen and oxygen atoms in total. The zero-order valence-corrected chi connectivity index (χ0v) is 12.3. The quantitative estimate of drug-likeness (QED) is 0.772. The molecule has 0 aliphatic rings.